The molecule has 2 atom stereocenters. The molecule has 1 amide bonds. The molecule has 1 aliphatic heterocycles. The number of hydrogen-bond acceptors (Lipinski definition) is 3. The number of nitrogens with zero attached hydrogens (tertiary/aromatic N) is 1. The Labute approximate surface area is 85.3 Å². The van der Waals surface area contributed by atoms with Crippen molar-refractivity contribution in [1.82, 2.24) is 10.2 Å². The lowest BCUT2D eigenvalue weighted by molar-refractivity contribution is -0.130. The molecule has 0 aromatic heterocycles. The van der Waals surface area contributed by atoms with E-state index in [1.165, 1.54) is 0 Å². The Balaban J connectivity index is 2.64. The second-order valence-electron chi connectivity index (χ2n) is 3.81. The third-order valence-electron chi connectivity index (χ3n) is 2.93. The molecule has 4 nitrogen and oxygen atoms in total. The zero-order valence-electron chi connectivity index (χ0n) is 8.99. The van der Waals surface area contributed by atoms with Crippen molar-refractivity contribution in [3.8, 4) is 0 Å². The molecule has 1 fully saturated rings. The molecule has 0 aliphatic carbocycles. The maximum atomic E-state index is 11.6. The second kappa shape index (κ2) is 5.32. The maximum Gasteiger partial charge on any atom is 0.237 e. The third-order valence-corrected chi connectivity index (χ3v) is 2.93. The maximum absolute atomic E-state index is 11.6. The Bertz CT molecular complexity index is 197. The van der Waals surface area contributed by atoms with Crippen LogP contribution in [0.3, 0.4) is 0 Å². The number of nitrogens with one attached hydrogen (secondary N) is 1. The van der Waals surface area contributed by atoms with Gasteiger partial charge in [0.05, 0.1) is 6.04 Å². The van der Waals surface area contributed by atoms with Gasteiger partial charge in [-0.05, 0) is 19.8 Å². The molecule has 82 valence electrons. The Kier molecular flexibility index (Phi) is 4.35. The minimum absolute atomic E-state index is 0.0607. The van der Waals surface area contributed by atoms with E-state index < -0.39 is 0 Å². The fourth-order valence-corrected chi connectivity index (χ4v) is 1.91. The molecule has 1 rings (SSSR count). The number of aliphatic hydroxyl groups is 1. The summed E-state index contributed by atoms with van der Waals surface area (Å²) in [5.74, 6) is 0.0607. The van der Waals surface area contributed by atoms with Crippen LogP contribution >= 0.6 is 0 Å². The highest BCUT2D eigenvalue weighted by molar-refractivity contribution is 5.82. The fourth-order valence-electron chi connectivity index (χ4n) is 1.91. The summed E-state index contributed by atoms with van der Waals surface area (Å²) in [6, 6.07) is 0.279. The van der Waals surface area contributed by atoms with Crippen molar-refractivity contribution in [2.45, 2.75) is 38.8 Å². The lowest BCUT2D eigenvalue weighted by atomic mass is 10.1. The average Bonchev–Trinajstić information content (AvgIpc) is 2.20. The molecule has 1 aliphatic rings. The molecular formula is C10H20N2O2. The summed E-state index contributed by atoms with van der Waals surface area (Å²) < 4.78 is 0. The summed E-state index contributed by atoms with van der Waals surface area (Å²) in [6.07, 6.45) is 1.57. The molecule has 14 heavy (non-hydrogen) atoms. The van der Waals surface area contributed by atoms with Gasteiger partial charge in [-0.25, -0.2) is 0 Å². The van der Waals surface area contributed by atoms with Gasteiger partial charge in [0.15, 0.2) is 0 Å². The van der Waals surface area contributed by atoms with Crippen molar-refractivity contribution in [2.24, 2.45) is 0 Å². The van der Waals surface area contributed by atoms with Crippen molar-refractivity contribution in [3.05, 3.63) is 0 Å². The average molecular weight is 200 g/mol. The highest BCUT2D eigenvalue weighted by Gasteiger charge is 2.31. The summed E-state index contributed by atoms with van der Waals surface area (Å²) in [5.41, 5.74) is 0. The molecule has 0 saturated carbocycles. The van der Waals surface area contributed by atoms with Crippen molar-refractivity contribution < 1.29 is 9.90 Å². The SMILES string of the molecule is CCC(C)N1CCNC(=O)C1CCO. The molecular weight excluding hydrogens is 180 g/mol. The fraction of sp³-hybridized carbons (Fsp3) is 0.900. The largest absolute Gasteiger partial charge is 0.396 e. The van der Waals surface area contributed by atoms with E-state index in [1.54, 1.807) is 0 Å². The Hall–Kier alpha value is -0.610. The third kappa shape index (κ3) is 2.45. The zero-order chi connectivity index (χ0) is 10.6. The van der Waals surface area contributed by atoms with E-state index in [-0.39, 0.29) is 18.6 Å². The number of aliphatic hydroxyl groups excluding tert-OH is 1. The van der Waals surface area contributed by atoms with E-state index in [1.807, 2.05) is 0 Å². The van der Waals surface area contributed by atoms with Crippen LogP contribution in [0.5, 0.6) is 0 Å². The van der Waals surface area contributed by atoms with Crippen LogP contribution in [-0.2, 0) is 4.79 Å². The van der Waals surface area contributed by atoms with Crippen molar-refractivity contribution in [2.75, 3.05) is 19.7 Å². The lowest BCUT2D eigenvalue weighted by Gasteiger charge is -2.38. The molecule has 0 radical (unpaired) electrons. The standard InChI is InChI=1S/C10H20N2O2/c1-3-8(2)12-6-5-11-10(14)9(12)4-7-13/h8-9,13H,3-7H2,1-2H3,(H,11,14). The molecule has 2 unspecified atom stereocenters. The molecule has 2 N–H and O–H groups in total. The lowest BCUT2D eigenvalue weighted by Crippen LogP contribution is -2.58. The molecule has 0 aromatic carbocycles. The first kappa shape index (κ1) is 11.5. The van der Waals surface area contributed by atoms with Crippen molar-refractivity contribution >= 4 is 5.91 Å². The Morgan fingerprint density at radius 1 is 1.71 bits per heavy atom. The number of hydrogen-bond donors (Lipinski definition) is 2. The summed E-state index contributed by atoms with van der Waals surface area (Å²) in [7, 11) is 0. The Morgan fingerprint density at radius 3 is 3.00 bits per heavy atom. The second-order valence-corrected chi connectivity index (χ2v) is 3.81. The van der Waals surface area contributed by atoms with Gasteiger partial charge in [0.2, 0.25) is 5.91 Å². The van der Waals surface area contributed by atoms with Gasteiger partial charge in [-0.2, -0.15) is 0 Å². The molecule has 1 heterocycles. The quantitative estimate of drug-likeness (QED) is 0.670. The summed E-state index contributed by atoms with van der Waals surface area (Å²) in [5, 5.41) is 11.7. The van der Waals surface area contributed by atoms with Crippen LogP contribution in [0.2, 0.25) is 0 Å². The number of carbonyl (C=O) groups excluding carboxylic acids is 1. The van der Waals surface area contributed by atoms with Gasteiger partial charge in [0, 0.05) is 25.7 Å². The van der Waals surface area contributed by atoms with E-state index in [9.17, 15) is 4.79 Å². The monoisotopic (exact) mass is 200 g/mol. The van der Waals surface area contributed by atoms with Gasteiger partial charge < -0.3 is 10.4 Å². The molecule has 0 aromatic rings. The van der Waals surface area contributed by atoms with Gasteiger partial charge >= 0.3 is 0 Å². The smallest absolute Gasteiger partial charge is 0.237 e. The van der Waals surface area contributed by atoms with E-state index in [0.717, 1.165) is 19.5 Å². The Morgan fingerprint density at radius 2 is 2.43 bits per heavy atom. The van der Waals surface area contributed by atoms with Crippen LogP contribution in [0.15, 0.2) is 0 Å². The summed E-state index contributed by atoms with van der Waals surface area (Å²) >= 11 is 0. The first-order valence-corrected chi connectivity index (χ1v) is 5.35. The predicted octanol–water partition coefficient (Wildman–Crippen LogP) is -0.0323. The zero-order valence-corrected chi connectivity index (χ0v) is 8.99. The number of amides is 1. The van der Waals surface area contributed by atoms with Crippen molar-refractivity contribution in [1.29, 1.82) is 0 Å². The first-order valence-electron chi connectivity index (χ1n) is 5.35. The molecule has 0 spiro atoms. The van der Waals surface area contributed by atoms with Crippen LogP contribution in [0.25, 0.3) is 0 Å². The first-order chi connectivity index (χ1) is 6.70. The predicted molar refractivity (Wildman–Crippen MR) is 55.0 cm³/mol. The highest BCUT2D eigenvalue weighted by atomic mass is 16.3. The number of rotatable bonds is 4. The van der Waals surface area contributed by atoms with E-state index in [0.29, 0.717) is 12.5 Å². The van der Waals surface area contributed by atoms with Gasteiger partial charge in [-0.15, -0.1) is 0 Å². The van der Waals surface area contributed by atoms with Crippen LogP contribution in [0.4, 0.5) is 0 Å². The number of carbonyl (C=O) groups is 1. The topological polar surface area (TPSA) is 52.6 Å². The van der Waals surface area contributed by atoms with Crippen LogP contribution in [0.1, 0.15) is 26.7 Å². The van der Waals surface area contributed by atoms with Gasteiger partial charge in [0.25, 0.3) is 0 Å². The van der Waals surface area contributed by atoms with Crippen molar-refractivity contribution in [3.63, 3.8) is 0 Å². The van der Waals surface area contributed by atoms with Crippen LogP contribution in [0, 0.1) is 0 Å². The van der Waals surface area contributed by atoms with Crippen LogP contribution < -0.4 is 5.32 Å². The van der Waals surface area contributed by atoms with Gasteiger partial charge in [-0.1, -0.05) is 6.92 Å². The van der Waals surface area contributed by atoms with Crippen LogP contribution in [-0.4, -0.2) is 47.7 Å². The van der Waals surface area contributed by atoms with E-state index in [4.69, 9.17) is 5.11 Å². The van der Waals surface area contributed by atoms with Gasteiger partial charge in [0.1, 0.15) is 0 Å². The minimum atomic E-state index is -0.135. The molecule has 0 bridgehead atoms. The number of piperazine rings is 1. The van der Waals surface area contributed by atoms with E-state index in [2.05, 4.69) is 24.1 Å². The highest BCUT2D eigenvalue weighted by Crippen LogP contribution is 2.14. The van der Waals surface area contributed by atoms with Gasteiger partial charge in [-0.3, -0.25) is 9.69 Å². The normalized spacial score (nSPS) is 25.9. The summed E-state index contributed by atoms with van der Waals surface area (Å²) in [4.78, 5) is 13.7. The minimum Gasteiger partial charge on any atom is -0.396 e. The molecule has 1 saturated heterocycles. The summed E-state index contributed by atoms with van der Waals surface area (Å²) in [6.45, 7) is 5.94. The van der Waals surface area contributed by atoms with E-state index >= 15 is 0 Å². The molecule has 4 heteroatoms.